The first kappa shape index (κ1) is 15.4. The van der Waals surface area contributed by atoms with Crippen LogP contribution >= 0.6 is 11.3 Å². The van der Waals surface area contributed by atoms with Gasteiger partial charge in [-0.1, -0.05) is 19.8 Å². The van der Waals surface area contributed by atoms with Crippen LogP contribution in [0.3, 0.4) is 0 Å². The predicted molar refractivity (Wildman–Crippen MR) is 79.8 cm³/mol. The molecule has 0 saturated heterocycles. The largest absolute Gasteiger partial charge is 0.388 e. The molecule has 1 aromatic rings. The zero-order valence-electron chi connectivity index (χ0n) is 11.9. The number of carbonyl (C=O) groups is 1. The lowest BCUT2D eigenvalue weighted by molar-refractivity contribution is -0.0109. The summed E-state index contributed by atoms with van der Waals surface area (Å²) in [4.78, 5) is 16.3. The lowest BCUT2D eigenvalue weighted by atomic mass is 9.79. The molecule has 0 aromatic carbocycles. The first-order valence-corrected chi connectivity index (χ1v) is 8.05. The molecule has 20 heavy (non-hydrogen) atoms. The minimum Gasteiger partial charge on any atom is -0.388 e. The van der Waals surface area contributed by atoms with E-state index in [1.54, 1.807) is 5.38 Å². The summed E-state index contributed by atoms with van der Waals surface area (Å²) in [6.07, 6.45) is 4.38. The molecule has 1 aliphatic carbocycles. The number of aromatic nitrogens is 1. The van der Waals surface area contributed by atoms with Crippen LogP contribution in [0.25, 0.3) is 0 Å². The number of hydrogen-bond acceptors (Lipinski definition) is 5. The van der Waals surface area contributed by atoms with Gasteiger partial charge in [0.2, 0.25) is 0 Å². The van der Waals surface area contributed by atoms with Crippen molar-refractivity contribution in [1.82, 2.24) is 10.3 Å². The maximum Gasteiger partial charge on any atom is 0.270 e. The fraction of sp³-hybridized carbons (Fsp3) is 0.714. The molecule has 1 fully saturated rings. The molecule has 0 spiro atoms. The fourth-order valence-corrected chi connectivity index (χ4v) is 3.58. The van der Waals surface area contributed by atoms with Crippen LogP contribution in [0.4, 0.5) is 0 Å². The predicted octanol–water partition coefficient (Wildman–Crippen LogP) is 1.32. The van der Waals surface area contributed by atoms with Crippen LogP contribution in [0.15, 0.2) is 5.38 Å². The first-order chi connectivity index (χ1) is 9.52. The summed E-state index contributed by atoms with van der Waals surface area (Å²) in [5.74, 6) is 0.303. The van der Waals surface area contributed by atoms with E-state index in [1.165, 1.54) is 11.3 Å². The van der Waals surface area contributed by atoms with Gasteiger partial charge >= 0.3 is 0 Å². The maximum atomic E-state index is 12.0. The molecule has 2 atom stereocenters. The zero-order chi connectivity index (χ0) is 14.6. The van der Waals surface area contributed by atoms with Crippen LogP contribution in [-0.2, 0) is 6.42 Å². The van der Waals surface area contributed by atoms with Crippen LogP contribution in [-0.4, -0.2) is 34.7 Å². The Labute approximate surface area is 123 Å². The van der Waals surface area contributed by atoms with E-state index in [9.17, 15) is 9.90 Å². The van der Waals surface area contributed by atoms with E-state index in [2.05, 4.69) is 17.2 Å². The summed E-state index contributed by atoms with van der Waals surface area (Å²) < 4.78 is 0. The summed E-state index contributed by atoms with van der Waals surface area (Å²) >= 11 is 1.45. The quantitative estimate of drug-likeness (QED) is 0.764. The molecule has 112 valence electrons. The van der Waals surface area contributed by atoms with Crippen molar-refractivity contribution in [2.45, 2.75) is 44.6 Å². The van der Waals surface area contributed by atoms with E-state index in [1.807, 2.05) is 0 Å². The standard InChI is InChI=1S/C14H23N3O2S/c1-10-3-2-5-14(19,7-10)9-16-13(18)11-8-20-12(17-11)4-6-15/h8,10,19H,2-7,9,15H2,1H3,(H,16,18). The van der Waals surface area contributed by atoms with Gasteiger partial charge in [-0.2, -0.15) is 0 Å². The van der Waals surface area contributed by atoms with E-state index in [4.69, 9.17) is 5.73 Å². The normalized spacial score (nSPS) is 26.4. The number of nitrogens with two attached hydrogens (primary N) is 1. The lowest BCUT2D eigenvalue weighted by Gasteiger charge is -2.35. The minimum absolute atomic E-state index is 0.212. The number of rotatable bonds is 5. The third-order valence-corrected chi connectivity index (χ3v) is 4.70. The summed E-state index contributed by atoms with van der Waals surface area (Å²) in [5, 5.41) is 15.9. The van der Waals surface area contributed by atoms with E-state index in [-0.39, 0.29) is 5.91 Å². The molecule has 1 aromatic heterocycles. The number of nitrogens with zero attached hydrogens (tertiary/aromatic N) is 1. The van der Waals surface area contributed by atoms with Crippen LogP contribution in [0, 0.1) is 5.92 Å². The van der Waals surface area contributed by atoms with E-state index >= 15 is 0 Å². The molecule has 4 N–H and O–H groups in total. The van der Waals surface area contributed by atoms with Gasteiger partial charge in [0, 0.05) is 18.3 Å². The first-order valence-electron chi connectivity index (χ1n) is 7.17. The van der Waals surface area contributed by atoms with Crippen molar-refractivity contribution in [3.63, 3.8) is 0 Å². The SMILES string of the molecule is CC1CCCC(O)(CNC(=O)c2csc(CCN)n2)C1. The highest BCUT2D eigenvalue weighted by Gasteiger charge is 2.33. The van der Waals surface area contributed by atoms with Gasteiger partial charge in [0.05, 0.1) is 10.6 Å². The molecule has 0 aliphatic heterocycles. The monoisotopic (exact) mass is 297 g/mol. The molecule has 2 rings (SSSR count). The van der Waals surface area contributed by atoms with Gasteiger partial charge in [-0.25, -0.2) is 4.98 Å². The Bertz CT molecular complexity index is 463. The molecule has 2 unspecified atom stereocenters. The van der Waals surface area contributed by atoms with Crippen LogP contribution in [0.5, 0.6) is 0 Å². The van der Waals surface area contributed by atoms with E-state index in [0.29, 0.717) is 31.1 Å². The molecular formula is C14H23N3O2S. The Balaban J connectivity index is 1.87. The lowest BCUT2D eigenvalue weighted by Crippen LogP contribution is -2.45. The molecule has 0 bridgehead atoms. The molecular weight excluding hydrogens is 274 g/mol. The number of amides is 1. The van der Waals surface area contributed by atoms with Gasteiger partial charge in [0.25, 0.3) is 5.91 Å². The summed E-state index contributed by atoms with van der Waals surface area (Å²) in [5.41, 5.74) is 5.13. The van der Waals surface area contributed by atoms with Crippen molar-refractivity contribution in [3.05, 3.63) is 16.1 Å². The number of aliphatic hydroxyl groups is 1. The van der Waals surface area contributed by atoms with Crippen LogP contribution in [0.1, 0.15) is 48.1 Å². The number of hydrogen-bond donors (Lipinski definition) is 3. The second-order valence-corrected chi connectivity index (χ2v) is 6.72. The third kappa shape index (κ3) is 4.01. The van der Waals surface area contributed by atoms with Gasteiger partial charge in [0.15, 0.2) is 0 Å². The second-order valence-electron chi connectivity index (χ2n) is 5.77. The van der Waals surface area contributed by atoms with Gasteiger partial charge < -0.3 is 16.2 Å². The third-order valence-electron chi connectivity index (χ3n) is 3.79. The molecule has 0 radical (unpaired) electrons. The fourth-order valence-electron chi connectivity index (χ4n) is 2.78. The van der Waals surface area contributed by atoms with Crippen molar-refractivity contribution in [1.29, 1.82) is 0 Å². The Kier molecular flexibility index (Phi) is 5.12. The number of nitrogens with one attached hydrogen (secondary N) is 1. The second kappa shape index (κ2) is 6.65. The Morgan fingerprint density at radius 2 is 2.50 bits per heavy atom. The maximum absolute atomic E-state index is 12.0. The minimum atomic E-state index is -0.760. The molecule has 6 heteroatoms. The highest BCUT2D eigenvalue weighted by atomic mass is 32.1. The van der Waals surface area contributed by atoms with E-state index in [0.717, 1.165) is 30.7 Å². The Hall–Kier alpha value is -0.980. The smallest absolute Gasteiger partial charge is 0.270 e. The molecule has 1 heterocycles. The zero-order valence-corrected chi connectivity index (χ0v) is 12.7. The molecule has 1 amide bonds. The molecule has 1 aliphatic rings. The van der Waals surface area contributed by atoms with Crippen molar-refractivity contribution in [2.75, 3.05) is 13.1 Å². The number of thiazole rings is 1. The van der Waals surface area contributed by atoms with Gasteiger partial charge in [-0.3, -0.25) is 4.79 Å². The van der Waals surface area contributed by atoms with Gasteiger partial charge in [0.1, 0.15) is 5.69 Å². The van der Waals surface area contributed by atoms with Crippen molar-refractivity contribution in [2.24, 2.45) is 11.7 Å². The van der Waals surface area contributed by atoms with Crippen molar-refractivity contribution >= 4 is 17.2 Å². The summed E-state index contributed by atoms with van der Waals surface area (Å²) in [6, 6.07) is 0. The van der Waals surface area contributed by atoms with E-state index < -0.39 is 5.60 Å². The average Bonchev–Trinajstić information content (AvgIpc) is 2.85. The van der Waals surface area contributed by atoms with Crippen LogP contribution < -0.4 is 11.1 Å². The number of carbonyl (C=O) groups excluding carboxylic acids is 1. The topological polar surface area (TPSA) is 88.2 Å². The Morgan fingerprint density at radius 1 is 1.70 bits per heavy atom. The van der Waals surface area contributed by atoms with Crippen molar-refractivity contribution in [3.8, 4) is 0 Å². The van der Waals surface area contributed by atoms with Crippen molar-refractivity contribution < 1.29 is 9.90 Å². The highest BCUT2D eigenvalue weighted by Crippen LogP contribution is 2.31. The molecule has 5 nitrogen and oxygen atoms in total. The average molecular weight is 297 g/mol. The molecule has 1 saturated carbocycles. The summed E-state index contributed by atoms with van der Waals surface area (Å²) in [6.45, 7) is 2.98. The van der Waals surface area contributed by atoms with Gasteiger partial charge in [-0.05, 0) is 25.3 Å². The van der Waals surface area contributed by atoms with Crippen LogP contribution in [0.2, 0.25) is 0 Å². The Morgan fingerprint density at radius 3 is 3.20 bits per heavy atom. The van der Waals surface area contributed by atoms with Gasteiger partial charge in [-0.15, -0.1) is 11.3 Å². The summed E-state index contributed by atoms with van der Waals surface area (Å²) in [7, 11) is 0. The highest BCUT2D eigenvalue weighted by molar-refractivity contribution is 7.09.